The van der Waals surface area contributed by atoms with Gasteiger partial charge in [0, 0.05) is 23.3 Å². The summed E-state index contributed by atoms with van der Waals surface area (Å²) in [5, 5.41) is 9.34. The summed E-state index contributed by atoms with van der Waals surface area (Å²) >= 11 is 0. The van der Waals surface area contributed by atoms with Crippen molar-refractivity contribution >= 4 is 11.8 Å². The normalized spacial score (nSPS) is 50.1. The summed E-state index contributed by atoms with van der Waals surface area (Å²) < 4.78 is 0. The van der Waals surface area contributed by atoms with E-state index < -0.39 is 11.4 Å². The van der Waals surface area contributed by atoms with E-state index in [4.69, 9.17) is 0 Å². The van der Waals surface area contributed by atoms with Gasteiger partial charge in [0.2, 0.25) is 0 Å². The van der Waals surface area contributed by atoms with Crippen molar-refractivity contribution < 1.29 is 14.7 Å². The van der Waals surface area contributed by atoms with E-state index in [1.165, 1.54) is 0 Å². The molecule has 0 aromatic carbocycles. The fourth-order valence-corrected chi connectivity index (χ4v) is 5.38. The summed E-state index contributed by atoms with van der Waals surface area (Å²) in [7, 11) is 0. The molecule has 0 unspecified atom stereocenters. The highest BCUT2D eigenvalue weighted by Gasteiger charge is 2.71. The molecule has 1 spiro atoms. The van der Waals surface area contributed by atoms with E-state index in [9.17, 15) is 14.7 Å². The Labute approximate surface area is 107 Å². The summed E-state index contributed by atoms with van der Waals surface area (Å²) in [6.45, 7) is 6.18. The SMILES string of the molecule is C[C@@H]1C(C(=O)O)=C[C@@]2(C)CC[C@@H]3[C@@H](C)CC(=O)[C@@]132. The lowest BCUT2D eigenvalue weighted by Crippen LogP contribution is -2.43. The number of rotatable bonds is 1. The second kappa shape index (κ2) is 3.25. The van der Waals surface area contributed by atoms with Gasteiger partial charge in [0.1, 0.15) is 5.78 Å². The number of carbonyl (C=O) groups is 2. The van der Waals surface area contributed by atoms with Gasteiger partial charge in [0.15, 0.2) is 0 Å². The van der Waals surface area contributed by atoms with Gasteiger partial charge in [-0.15, -0.1) is 0 Å². The van der Waals surface area contributed by atoms with Gasteiger partial charge in [-0.1, -0.05) is 26.8 Å². The number of hydrogen-bond acceptors (Lipinski definition) is 2. The third kappa shape index (κ3) is 1.03. The molecule has 2 saturated carbocycles. The summed E-state index contributed by atoms with van der Waals surface area (Å²) in [6, 6.07) is 0. The quantitative estimate of drug-likeness (QED) is 0.776. The van der Waals surface area contributed by atoms with Crippen LogP contribution in [0.3, 0.4) is 0 Å². The first-order valence-electron chi connectivity index (χ1n) is 6.84. The van der Waals surface area contributed by atoms with Gasteiger partial charge in [-0.3, -0.25) is 4.79 Å². The van der Waals surface area contributed by atoms with Crippen LogP contribution in [-0.4, -0.2) is 16.9 Å². The molecule has 0 saturated heterocycles. The summed E-state index contributed by atoms with van der Waals surface area (Å²) in [4.78, 5) is 24.0. The number of ketones is 1. The predicted octanol–water partition coefficient (Wildman–Crippen LogP) is 2.66. The van der Waals surface area contributed by atoms with Crippen molar-refractivity contribution in [2.75, 3.05) is 0 Å². The monoisotopic (exact) mass is 248 g/mol. The minimum absolute atomic E-state index is 0.134. The highest BCUT2D eigenvalue weighted by atomic mass is 16.4. The van der Waals surface area contributed by atoms with E-state index in [2.05, 4.69) is 13.8 Å². The standard InChI is InChI=1S/C15H20O3/c1-8-6-12(16)15-9(2)10(13(17)18)7-14(15,3)5-4-11(8)15/h7-9,11H,4-6H2,1-3H3,(H,17,18)/t8-,9+,11+,14+,15+/m0/s1. The zero-order chi connectivity index (χ0) is 13.3. The topological polar surface area (TPSA) is 54.4 Å². The maximum Gasteiger partial charge on any atom is 0.331 e. The van der Waals surface area contributed by atoms with Crippen molar-refractivity contribution in [3.05, 3.63) is 11.6 Å². The van der Waals surface area contributed by atoms with Crippen LogP contribution < -0.4 is 0 Å². The van der Waals surface area contributed by atoms with Gasteiger partial charge in [0.25, 0.3) is 0 Å². The summed E-state index contributed by atoms with van der Waals surface area (Å²) in [5.41, 5.74) is -0.183. The second-order valence-electron chi connectivity index (χ2n) is 6.66. The third-order valence-corrected chi connectivity index (χ3v) is 6.03. The Bertz CT molecular complexity index is 478. The van der Waals surface area contributed by atoms with E-state index in [0.29, 0.717) is 29.6 Å². The Morgan fingerprint density at radius 2 is 2.11 bits per heavy atom. The molecule has 98 valence electrons. The molecule has 3 aliphatic carbocycles. The molecule has 0 aromatic rings. The molecule has 5 atom stereocenters. The van der Waals surface area contributed by atoms with E-state index >= 15 is 0 Å². The van der Waals surface area contributed by atoms with Gasteiger partial charge in [-0.05, 0) is 30.1 Å². The molecule has 0 aromatic heterocycles. The van der Waals surface area contributed by atoms with E-state index in [0.717, 1.165) is 12.8 Å². The Balaban J connectivity index is 2.18. The zero-order valence-electron chi connectivity index (χ0n) is 11.2. The number of carboxylic acid groups (broad SMARTS) is 1. The molecular formula is C15H20O3. The van der Waals surface area contributed by atoms with Crippen molar-refractivity contribution in [2.24, 2.45) is 28.6 Å². The van der Waals surface area contributed by atoms with Crippen molar-refractivity contribution in [2.45, 2.75) is 40.0 Å². The zero-order valence-corrected chi connectivity index (χ0v) is 11.2. The van der Waals surface area contributed by atoms with Crippen LogP contribution in [0.1, 0.15) is 40.0 Å². The summed E-state index contributed by atoms with van der Waals surface area (Å²) in [5.74, 6) is 0.102. The predicted molar refractivity (Wildman–Crippen MR) is 66.9 cm³/mol. The van der Waals surface area contributed by atoms with Crippen LogP contribution in [0.15, 0.2) is 11.6 Å². The molecule has 3 aliphatic rings. The van der Waals surface area contributed by atoms with Crippen LogP contribution in [-0.2, 0) is 9.59 Å². The van der Waals surface area contributed by atoms with Crippen LogP contribution >= 0.6 is 0 Å². The molecule has 0 amide bonds. The highest BCUT2D eigenvalue weighted by Crippen LogP contribution is 2.71. The Morgan fingerprint density at radius 1 is 1.44 bits per heavy atom. The molecule has 1 N–H and O–H groups in total. The first-order chi connectivity index (χ1) is 8.34. The lowest BCUT2D eigenvalue weighted by Gasteiger charge is -2.40. The molecular weight excluding hydrogens is 228 g/mol. The minimum Gasteiger partial charge on any atom is -0.478 e. The fourth-order valence-electron chi connectivity index (χ4n) is 5.38. The Kier molecular flexibility index (Phi) is 2.16. The molecule has 0 bridgehead atoms. The maximum absolute atomic E-state index is 12.6. The van der Waals surface area contributed by atoms with Gasteiger partial charge in [0.05, 0.1) is 0 Å². The molecule has 2 fully saturated rings. The number of allylic oxidation sites excluding steroid dienone is 1. The second-order valence-corrected chi connectivity index (χ2v) is 6.66. The van der Waals surface area contributed by atoms with Gasteiger partial charge >= 0.3 is 5.97 Å². The molecule has 3 heteroatoms. The number of Topliss-reactive ketones (excluding diaryl/α,β-unsaturated/α-hetero) is 1. The van der Waals surface area contributed by atoms with E-state index in [-0.39, 0.29) is 11.3 Å². The first-order valence-corrected chi connectivity index (χ1v) is 6.84. The lowest BCUT2D eigenvalue weighted by atomic mass is 9.60. The molecule has 0 radical (unpaired) electrons. The molecule has 3 rings (SSSR count). The van der Waals surface area contributed by atoms with Gasteiger partial charge in [-0.2, -0.15) is 0 Å². The average Bonchev–Trinajstić information content (AvgIpc) is 2.79. The lowest BCUT2D eigenvalue weighted by molar-refractivity contribution is -0.135. The van der Waals surface area contributed by atoms with E-state index in [1.807, 2.05) is 13.0 Å². The van der Waals surface area contributed by atoms with Crippen molar-refractivity contribution in [3.63, 3.8) is 0 Å². The van der Waals surface area contributed by atoms with Crippen LogP contribution in [0.5, 0.6) is 0 Å². The largest absolute Gasteiger partial charge is 0.478 e. The number of aliphatic carboxylic acids is 1. The number of carbonyl (C=O) groups excluding carboxylic acids is 1. The average molecular weight is 248 g/mol. The summed E-state index contributed by atoms with van der Waals surface area (Å²) in [6.07, 6.45) is 4.55. The van der Waals surface area contributed by atoms with Crippen LogP contribution in [0.4, 0.5) is 0 Å². The third-order valence-electron chi connectivity index (χ3n) is 6.03. The van der Waals surface area contributed by atoms with E-state index in [1.54, 1.807) is 0 Å². The maximum atomic E-state index is 12.6. The minimum atomic E-state index is -0.849. The van der Waals surface area contributed by atoms with Gasteiger partial charge in [-0.25, -0.2) is 4.79 Å². The number of carboxylic acids is 1. The van der Waals surface area contributed by atoms with Crippen molar-refractivity contribution in [1.29, 1.82) is 0 Å². The molecule has 0 heterocycles. The van der Waals surface area contributed by atoms with Crippen LogP contribution in [0, 0.1) is 28.6 Å². The van der Waals surface area contributed by atoms with Crippen molar-refractivity contribution in [3.8, 4) is 0 Å². The molecule has 0 aliphatic heterocycles. The first kappa shape index (κ1) is 11.9. The fraction of sp³-hybridized carbons (Fsp3) is 0.733. The van der Waals surface area contributed by atoms with Crippen LogP contribution in [0.25, 0.3) is 0 Å². The Morgan fingerprint density at radius 3 is 2.72 bits per heavy atom. The molecule has 18 heavy (non-hydrogen) atoms. The number of hydrogen-bond donors (Lipinski definition) is 1. The van der Waals surface area contributed by atoms with Crippen LogP contribution in [0.2, 0.25) is 0 Å². The van der Waals surface area contributed by atoms with Gasteiger partial charge < -0.3 is 5.11 Å². The highest BCUT2D eigenvalue weighted by molar-refractivity contribution is 5.96. The Hall–Kier alpha value is -1.12. The molecule has 3 nitrogen and oxygen atoms in total. The van der Waals surface area contributed by atoms with Crippen molar-refractivity contribution in [1.82, 2.24) is 0 Å². The smallest absolute Gasteiger partial charge is 0.331 e.